The Labute approximate surface area is 142 Å². The number of hydrogen-bond acceptors (Lipinski definition) is 3. The minimum absolute atomic E-state index is 0.270. The molecule has 0 spiro atoms. The van der Waals surface area contributed by atoms with Gasteiger partial charge in [0.15, 0.2) is 5.82 Å². The maximum Gasteiger partial charge on any atom is 0.260 e. The number of hydrogen-bond donors (Lipinski definition) is 1. The Hall–Kier alpha value is -2.67. The predicted molar refractivity (Wildman–Crippen MR) is 88.6 cm³/mol. The summed E-state index contributed by atoms with van der Waals surface area (Å²) in [6, 6.07) is 6.10. The lowest BCUT2D eigenvalue weighted by atomic mass is 10.2. The number of anilines is 1. The van der Waals surface area contributed by atoms with Crippen molar-refractivity contribution in [3.05, 3.63) is 64.3 Å². The molecule has 0 fully saturated rings. The van der Waals surface area contributed by atoms with Crippen LogP contribution >= 0.6 is 11.6 Å². The van der Waals surface area contributed by atoms with Gasteiger partial charge in [0, 0.05) is 19.4 Å². The molecule has 0 aliphatic heterocycles. The largest absolute Gasteiger partial charge is 0.304 e. The van der Waals surface area contributed by atoms with Gasteiger partial charge in [0.2, 0.25) is 0 Å². The summed E-state index contributed by atoms with van der Waals surface area (Å²) in [5, 5.41) is 11.4. The molecule has 0 unspecified atom stereocenters. The lowest BCUT2D eigenvalue weighted by molar-refractivity contribution is 0.102. The number of rotatable bonds is 4. The first-order chi connectivity index (χ1) is 11.4. The van der Waals surface area contributed by atoms with E-state index < -0.39 is 0 Å². The summed E-state index contributed by atoms with van der Waals surface area (Å²) in [6.45, 7) is 2.17. The standard InChI is InChI=1S/C16H15ClFN5O/c1-10-13(8-22(2)20-10)16(24)19-15-14(17)9-23(21-15)7-11-3-5-12(18)6-4-11/h3-6,8-9H,7H2,1-2H3,(H,19,21,24). The average molecular weight is 348 g/mol. The fourth-order valence-corrected chi connectivity index (χ4v) is 2.53. The van der Waals surface area contributed by atoms with Crippen molar-refractivity contribution in [3.8, 4) is 0 Å². The molecule has 1 amide bonds. The van der Waals surface area contributed by atoms with Gasteiger partial charge in [-0.05, 0) is 24.6 Å². The molecule has 0 saturated carbocycles. The molecule has 8 heteroatoms. The number of amides is 1. The van der Waals surface area contributed by atoms with Gasteiger partial charge in [0.1, 0.15) is 10.8 Å². The van der Waals surface area contributed by atoms with E-state index in [9.17, 15) is 9.18 Å². The summed E-state index contributed by atoms with van der Waals surface area (Å²) in [4.78, 5) is 12.3. The van der Waals surface area contributed by atoms with E-state index >= 15 is 0 Å². The van der Waals surface area contributed by atoms with Crippen molar-refractivity contribution >= 4 is 23.3 Å². The molecule has 6 nitrogen and oxygen atoms in total. The summed E-state index contributed by atoms with van der Waals surface area (Å²) in [5.41, 5.74) is 1.95. The van der Waals surface area contributed by atoms with Crippen LogP contribution in [-0.2, 0) is 13.6 Å². The summed E-state index contributed by atoms with van der Waals surface area (Å²) in [6.07, 6.45) is 3.24. The smallest absolute Gasteiger partial charge is 0.260 e. The number of carbonyl (C=O) groups is 1. The van der Waals surface area contributed by atoms with E-state index in [4.69, 9.17) is 11.6 Å². The number of nitrogens with one attached hydrogen (secondary N) is 1. The zero-order valence-electron chi connectivity index (χ0n) is 13.1. The number of carbonyl (C=O) groups excluding carboxylic acids is 1. The summed E-state index contributed by atoms with van der Waals surface area (Å²) < 4.78 is 16.1. The minimum atomic E-state index is -0.325. The Morgan fingerprint density at radius 3 is 2.58 bits per heavy atom. The monoisotopic (exact) mass is 347 g/mol. The van der Waals surface area contributed by atoms with Gasteiger partial charge in [0.05, 0.1) is 17.8 Å². The number of benzene rings is 1. The first-order valence-electron chi connectivity index (χ1n) is 7.21. The van der Waals surface area contributed by atoms with E-state index in [1.807, 2.05) is 0 Å². The fraction of sp³-hybridized carbons (Fsp3) is 0.188. The van der Waals surface area contributed by atoms with Gasteiger partial charge in [-0.2, -0.15) is 10.2 Å². The quantitative estimate of drug-likeness (QED) is 0.789. The Morgan fingerprint density at radius 2 is 1.96 bits per heavy atom. The lowest BCUT2D eigenvalue weighted by Gasteiger charge is -2.02. The number of halogens is 2. The molecule has 0 saturated heterocycles. The Morgan fingerprint density at radius 1 is 1.25 bits per heavy atom. The van der Waals surface area contributed by atoms with Crippen molar-refractivity contribution in [3.63, 3.8) is 0 Å². The van der Waals surface area contributed by atoms with Crippen LogP contribution in [-0.4, -0.2) is 25.5 Å². The molecule has 1 aromatic carbocycles. The van der Waals surface area contributed by atoms with Gasteiger partial charge in [-0.3, -0.25) is 14.2 Å². The van der Waals surface area contributed by atoms with Crippen LogP contribution in [0.2, 0.25) is 5.02 Å². The van der Waals surface area contributed by atoms with Crippen molar-refractivity contribution in [2.45, 2.75) is 13.5 Å². The summed E-state index contributed by atoms with van der Waals surface area (Å²) >= 11 is 6.13. The average Bonchev–Trinajstić information content (AvgIpc) is 3.04. The maximum atomic E-state index is 12.9. The second-order valence-corrected chi connectivity index (χ2v) is 5.81. The van der Waals surface area contributed by atoms with Gasteiger partial charge in [-0.15, -0.1) is 0 Å². The first-order valence-corrected chi connectivity index (χ1v) is 7.59. The van der Waals surface area contributed by atoms with Crippen LogP contribution in [0.3, 0.4) is 0 Å². The number of aryl methyl sites for hydroxylation is 2. The molecule has 0 bridgehead atoms. The van der Waals surface area contributed by atoms with Crippen molar-refractivity contribution in [1.29, 1.82) is 0 Å². The van der Waals surface area contributed by atoms with Crippen molar-refractivity contribution in [2.24, 2.45) is 7.05 Å². The number of aromatic nitrogens is 4. The molecule has 0 radical (unpaired) electrons. The van der Waals surface area contributed by atoms with E-state index in [2.05, 4.69) is 15.5 Å². The molecule has 0 atom stereocenters. The maximum absolute atomic E-state index is 12.9. The summed E-state index contributed by atoms with van der Waals surface area (Å²) in [7, 11) is 1.74. The van der Waals surface area contributed by atoms with Crippen LogP contribution in [0, 0.1) is 12.7 Å². The van der Waals surface area contributed by atoms with Crippen LogP contribution in [0.15, 0.2) is 36.7 Å². The highest BCUT2D eigenvalue weighted by molar-refractivity contribution is 6.33. The van der Waals surface area contributed by atoms with Crippen LogP contribution in [0.5, 0.6) is 0 Å². The van der Waals surface area contributed by atoms with Crippen LogP contribution < -0.4 is 5.32 Å². The molecule has 24 heavy (non-hydrogen) atoms. The SMILES string of the molecule is Cc1nn(C)cc1C(=O)Nc1nn(Cc2ccc(F)cc2)cc1Cl. The fourth-order valence-electron chi connectivity index (χ4n) is 2.34. The van der Waals surface area contributed by atoms with Gasteiger partial charge >= 0.3 is 0 Å². The highest BCUT2D eigenvalue weighted by Gasteiger charge is 2.16. The third-order valence-corrected chi connectivity index (χ3v) is 3.74. The zero-order valence-corrected chi connectivity index (χ0v) is 13.9. The van der Waals surface area contributed by atoms with Gasteiger partial charge in [-0.1, -0.05) is 23.7 Å². The molecule has 124 valence electrons. The van der Waals surface area contributed by atoms with Crippen LogP contribution in [0.1, 0.15) is 21.6 Å². The van der Waals surface area contributed by atoms with E-state index in [1.54, 1.807) is 47.9 Å². The second kappa shape index (κ2) is 6.45. The lowest BCUT2D eigenvalue weighted by Crippen LogP contribution is -2.13. The van der Waals surface area contributed by atoms with E-state index in [0.717, 1.165) is 5.56 Å². The van der Waals surface area contributed by atoms with Crippen LogP contribution in [0.4, 0.5) is 10.2 Å². The Kier molecular flexibility index (Phi) is 4.35. The van der Waals surface area contributed by atoms with E-state index in [-0.39, 0.29) is 17.5 Å². The van der Waals surface area contributed by atoms with E-state index in [1.165, 1.54) is 12.1 Å². The molecule has 3 rings (SSSR count). The molecule has 1 N–H and O–H groups in total. The first kappa shape index (κ1) is 16.2. The van der Waals surface area contributed by atoms with Crippen LogP contribution in [0.25, 0.3) is 0 Å². The zero-order chi connectivity index (χ0) is 17.3. The molecular formula is C16H15ClFN5O. The van der Waals surface area contributed by atoms with Crippen molar-refractivity contribution in [2.75, 3.05) is 5.32 Å². The summed E-state index contributed by atoms with van der Waals surface area (Å²) in [5.74, 6) is -0.349. The third kappa shape index (κ3) is 3.46. The Bertz CT molecular complexity index is 885. The number of nitrogens with zero attached hydrogens (tertiary/aromatic N) is 4. The molecule has 2 heterocycles. The van der Waals surface area contributed by atoms with E-state index in [0.29, 0.717) is 22.8 Å². The predicted octanol–water partition coefficient (Wildman–Crippen LogP) is 3.02. The third-order valence-electron chi connectivity index (χ3n) is 3.46. The minimum Gasteiger partial charge on any atom is -0.304 e. The molecule has 0 aliphatic carbocycles. The van der Waals surface area contributed by atoms with Gasteiger partial charge in [0.25, 0.3) is 5.91 Å². The molecule has 3 aromatic rings. The topological polar surface area (TPSA) is 64.7 Å². The van der Waals surface area contributed by atoms with Crippen molar-refractivity contribution in [1.82, 2.24) is 19.6 Å². The molecular weight excluding hydrogens is 333 g/mol. The Balaban J connectivity index is 1.75. The normalized spacial score (nSPS) is 10.8. The molecule has 2 aromatic heterocycles. The highest BCUT2D eigenvalue weighted by Crippen LogP contribution is 2.21. The molecule has 0 aliphatic rings. The van der Waals surface area contributed by atoms with Gasteiger partial charge < -0.3 is 5.32 Å². The van der Waals surface area contributed by atoms with Crippen molar-refractivity contribution < 1.29 is 9.18 Å². The highest BCUT2D eigenvalue weighted by atomic mass is 35.5. The second-order valence-electron chi connectivity index (χ2n) is 5.41. The van der Waals surface area contributed by atoms with Gasteiger partial charge in [-0.25, -0.2) is 4.39 Å².